The Balaban J connectivity index is 2.38. The van der Waals surface area contributed by atoms with Crippen LogP contribution in [0, 0.1) is 0 Å². The average Bonchev–Trinajstić information content (AvgIpc) is 2.53. The van der Waals surface area contributed by atoms with E-state index in [1.807, 2.05) is 65.8 Å². The molecule has 2 aromatic rings. The largest absolute Gasteiger partial charge is 0.486 e. The molecule has 0 aliphatic carbocycles. The fourth-order valence-corrected chi connectivity index (χ4v) is 2.65. The molecule has 0 atom stereocenters. The van der Waals surface area contributed by atoms with Crippen molar-refractivity contribution in [2.24, 2.45) is 0 Å². The first-order valence-corrected chi connectivity index (χ1v) is 9.14. The molecule has 0 saturated heterocycles. The van der Waals surface area contributed by atoms with E-state index in [0.29, 0.717) is 13.1 Å². The summed E-state index contributed by atoms with van der Waals surface area (Å²) in [5.74, 6) is 0.731. The molecule has 0 saturated carbocycles. The van der Waals surface area contributed by atoms with Crippen LogP contribution in [-0.4, -0.2) is 33.7 Å². The van der Waals surface area contributed by atoms with Crippen molar-refractivity contribution < 1.29 is 14.3 Å². The van der Waals surface area contributed by atoms with E-state index in [1.165, 1.54) is 0 Å². The van der Waals surface area contributed by atoms with E-state index in [2.05, 4.69) is 11.6 Å². The van der Waals surface area contributed by atoms with Crippen LogP contribution in [0.5, 0.6) is 5.75 Å². The van der Waals surface area contributed by atoms with Crippen LogP contribution in [0.4, 0.5) is 4.79 Å². The Labute approximate surface area is 162 Å². The summed E-state index contributed by atoms with van der Waals surface area (Å²) in [6.45, 7) is 16.1. The highest BCUT2D eigenvalue weighted by Crippen LogP contribution is 2.30. The number of pyridine rings is 1. The van der Waals surface area contributed by atoms with Crippen LogP contribution in [-0.2, 0) is 11.3 Å². The number of aromatic nitrogens is 1. The normalized spacial score (nSPS) is 11.9. The Kier molecular flexibility index (Phi) is 6.14. The lowest BCUT2D eigenvalue weighted by Crippen LogP contribution is -2.36. The molecule has 2 rings (SSSR count). The molecule has 1 aromatic carbocycles. The van der Waals surface area contributed by atoms with Crippen LogP contribution in [0.1, 0.15) is 47.1 Å². The van der Waals surface area contributed by atoms with Gasteiger partial charge in [0.25, 0.3) is 0 Å². The van der Waals surface area contributed by atoms with Crippen molar-refractivity contribution in [1.29, 1.82) is 0 Å². The second kappa shape index (κ2) is 7.99. The minimum absolute atomic E-state index is 0.322. The molecule has 1 amide bonds. The van der Waals surface area contributed by atoms with Gasteiger partial charge in [-0.25, -0.2) is 4.79 Å². The monoisotopic (exact) mass is 370 g/mol. The fourth-order valence-electron chi connectivity index (χ4n) is 2.65. The van der Waals surface area contributed by atoms with Gasteiger partial charge >= 0.3 is 6.09 Å². The molecular weight excluding hydrogens is 340 g/mol. The van der Waals surface area contributed by atoms with E-state index >= 15 is 0 Å². The maximum atomic E-state index is 12.6. The Morgan fingerprint density at radius 3 is 2.44 bits per heavy atom. The van der Waals surface area contributed by atoms with Crippen molar-refractivity contribution >= 4 is 17.0 Å². The molecule has 0 unspecified atom stereocenters. The van der Waals surface area contributed by atoms with Gasteiger partial charge in [-0.15, -0.1) is 6.58 Å². The summed E-state index contributed by atoms with van der Waals surface area (Å²) in [5, 5.41) is 0.955. The average molecular weight is 370 g/mol. The number of ether oxygens (including phenoxy) is 2. The highest BCUT2D eigenvalue weighted by atomic mass is 16.6. The topological polar surface area (TPSA) is 51.7 Å². The quantitative estimate of drug-likeness (QED) is 0.667. The van der Waals surface area contributed by atoms with E-state index in [0.717, 1.165) is 22.2 Å². The molecule has 1 aromatic heterocycles. The van der Waals surface area contributed by atoms with Gasteiger partial charge in [0.15, 0.2) is 0 Å². The van der Waals surface area contributed by atoms with Crippen molar-refractivity contribution in [1.82, 2.24) is 9.88 Å². The van der Waals surface area contributed by atoms with E-state index in [4.69, 9.17) is 9.47 Å². The van der Waals surface area contributed by atoms with Gasteiger partial charge in [-0.2, -0.15) is 0 Å². The predicted molar refractivity (Wildman–Crippen MR) is 109 cm³/mol. The number of fused-ring (bicyclic) bond motifs is 1. The number of hydrogen-bond donors (Lipinski definition) is 0. The number of hydrogen-bond acceptors (Lipinski definition) is 4. The number of benzene rings is 1. The third-order valence-electron chi connectivity index (χ3n) is 3.60. The smallest absolute Gasteiger partial charge is 0.410 e. The number of nitrogens with zero attached hydrogens (tertiary/aromatic N) is 2. The van der Waals surface area contributed by atoms with E-state index < -0.39 is 5.60 Å². The van der Waals surface area contributed by atoms with Crippen LogP contribution in [0.2, 0.25) is 0 Å². The van der Waals surface area contributed by atoms with Crippen molar-refractivity contribution in [2.75, 3.05) is 6.54 Å². The fraction of sp³-hybridized carbons (Fsp3) is 0.455. The van der Waals surface area contributed by atoms with E-state index in [-0.39, 0.29) is 11.7 Å². The van der Waals surface area contributed by atoms with Crippen LogP contribution in [0.25, 0.3) is 10.9 Å². The van der Waals surface area contributed by atoms with Crippen LogP contribution in [0.15, 0.2) is 43.1 Å². The Morgan fingerprint density at radius 1 is 1.15 bits per heavy atom. The molecule has 0 aliphatic heterocycles. The lowest BCUT2D eigenvalue weighted by molar-refractivity contribution is 0.0257. The van der Waals surface area contributed by atoms with E-state index in [9.17, 15) is 4.79 Å². The van der Waals surface area contributed by atoms with Crippen LogP contribution < -0.4 is 4.74 Å². The van der Waals surface area contributed by atoms with Crippen molar-refractivity contribution in [2.45, 2.75) is 59.3 Å². The molecule has 0 aliphatic rings. The van der Waals surface area contributed by atoms with Gasteiger partial charge in [0, 0.05) is 18.1 Å². The summed E-state index contributed by atoms with van der Waals surface area (Å²) in [6.07, 6.45) is 3.08. The molecule has 5 nitrogen and oxygen atoms in total. The molecule has 5 heteroatoms. The van der Waals surface area contributed by atoms with Gasteiger partial charge in [0.1, 0.15) is 22.5 Å². The van der Waals surface area contributed by atoms with Gasteiger partial charge in [-0.05, 0) is 59.2 Å². The minimum atomic E-state index is -0.551. The first-order valence-electron chi connectivity index (χ1n) is 9.14. The molecule has 0 bridgehead atoms. The number of rotatable bonds is 5. The Morgan fingerprint density at radius 2 is 1.85 bits per heavy atom. The summed E-state index contributed by atoms with van der Waals surface area (Å²) in [4.78, 5) is 18.7. The SMILES string of the molecule is C=CCN(Cc1ccc(OC(C)(C)C)c2ncccc12)C(=O)OC(C)(C)C. The molecule has 0 fully saturated rings. The summed E-state index contributed by atoms with van der Waals surface area (Å²) in [6, 6.07) is 7.77. The molecular formula is C22H30N2O3. The summed E-state index contributed by atoms with van der Waals surface area (Å²) >= 11 is 0. The van der Waals surface area contributed by atoms with Crippen LogP contribution >= 0.6 is 0 Å². The first-order chi connectivity index (χ1) is 12.5. The van der Waals surface area contributed by atoms with Gasteiger partial charge in [-0.3, -0.25) is 4.98 Å². The van der Waals surface area contributed by atoms with Crippen LogP contribution in [0.3, 0.4) is 0 Å². The van der Waals surface area contributed by atoms with Crippen molar-refractivity contribution in [3.8, 4) is 5.75 Å². The summed E-state index contributed by atoms with van der Waals surface area (Å²) in [5.41, 5.74) is 0.891. The summed E-state index contributed by atoms with van der Waals surface area (Å²) in [7, 11) is 0. The molecule has 0 spiro atoms. The zero-order valence-electron chi connectivity index (χ0n) is 17.2. The minimum Gasteiger partial charge on any atom is -0.486 e. The molecule has 0 radical (unpaired) electrons. The Bertz CT molecular complexity index is 816. The number of carbonyl (C=O) groups excluding carboxylic acids is 1. The zero-order chi connectivity index (χ0) is 20.2. The highest BCUT2D eigenvalue weighted by Gasteiger charge is 2.23. The standard InChI is InChI=1S/C22H30N2O3/c1-8-14-24(20(25)27-22(5,6)7)15-16-11-12-18(26-21(2,3)4)19-17(16)10-9-13-23-19/h8-13H,1,14-15H2,2-7H3. The number of amides is 1. The van der Waals surface area contributed by atoms with Gasteiger partial charge in [0.2, 0.25) is 0 Å². The maximum Gasteiger partial charge on any atom is 0.410 e. The van der Waals surface area contributed by atoms with Gasteiger partial charge < -0.3 is 14.4 Å². The molecule has 0 N–H and O–H groups in total. The lowest BCUT2D eigenvalue weighted by Gasteiger charge is -2.27. The molecule has 27 heavy (non-hydrogen) atoms. The zero-order valence-corrected chi connectivity index (χ0v) is 17.2. The van der Waals surface area contributed by atoms with Gasteiger partial charge in [-0.1, -0.05) is 18.2 Å². The summed E-state index contributed by atoms with van der Waals surface area (Å²) < 4.78 is 11.6. The number of carbonyl (C=O) groups is 1. The first kappa shape index (κ1) is 20.7. The Hall–Kier alpha value is -2.56. The predicted octanol–water partition coefficient (Wildman–Crippen LogP) is 5.34. The molecule has 1 heterocycles. The third-order valence-corrected chi connectivity index (χ3v) is 3.60. The van der Waals surface area contributed by atoms with Crippen molar-refractivity contribution in [3.63, 3.8) is 0 Å². The van der Waals surface area contributed by atoms with Crippen molar-refractivity contribution in [3.05, 3.63) is 48.7 Å². The highest BCUT2D eigenvalue weighted by molar-refractivity contribution is 5.87. The lowest BCUT2D eigenvalue weighted by atomic mass is 10.1. The second-order valence-electron chi connectivity index (χ2n) is 8.49. The van der Waals surface area contributed by atoms with E-state index in [1.54, 1.807) is 17.2 Å². The van der Waals surface area contributed by atoms with Gasteiger partial charge in [0.05, 0.1) is 6.54 Å². The maximum absolute atomic E-state index is 12.6. The third kappa shape index (κ3) is 5.98. The second-order valence-corrected chi connectivity index (χ2v) is 8.49. The molecule has 146 valence electrons.